The predicted octanol–water partition coefficient (Wildman–Crippen LogP) is -2.12. The molecule has 0 saturated heterocycles. The quantitative estimate of drug-likeness (QED) is 0.328. The van der Waals surface area contributed by atoms with Crippen molar-refractivity contribution in [2.24, 2.45) is 5.73 Å². The Bertz CT molecular complexity index is 131. The molecule has 6 nitrogen and oxygen atoms in total. The zero-order valence-corrected chi connectivity index (χ0v) is 8.37. The first-order chi connectivity index (χ1) is 4.37. The maximum absolute atomic E-state index is 8.29. The van der Waals surface area contributed by atoms with E-state index in [4.69, 9.17) is 10.2 Å². The summed E-state index contributed by atoms with van der Waals surface area (Å²) in [6.45, 7) is 0. The molecule has 0 amide bonds. The van der Waals surface area contributed by atoms with Gasteiger partial charge in [0.05, 0.1) is 0 Å². The van der Waals surface area contributed by atoms with Crippen LogP contribution in [-0.4, -0.2) is 80.1 Å². The van der Waals surface area contributed by atoms with Crippen molar-refractivity contribution >= 4 is 64.3 Å². The summed E-state index contributed by atoms with van der Waals surface area (Å²) in [4.78, 5) is 1.45. The number of rotatable bonds is 0. The number of aliphatic hydroxyl groups is 2. The SMILES string of the molecule is CN(C)C(O)=S.NC(O)=S.O.O.[NaH]. The summed E-state index contributed by atoms with van der Waals surface area (Å²) in [5.74, 6) is 0. The standard InChI is InChI=1S/C3H7NOS.CH3NOS.Na.2H2O.H/c1-4(2)3(5)6;2-1(3)4;;;;/h1-2H3,(H,5,6);(H3,2,3,4);;2*1H2;. The third-order valence-corrected chi connectivity index (χ3v) is 0.748. The first kappa shape index (κ1) is 29.2. The van der Waals surface area contributed by atoms with Crippen LogP contribution in [0.3, 0.4) is 0 Å². The van der Waals surface area contributed by atoms with Gasteiger partial charge in [0.1, 0.15) is 0 Å². The van der Waals surface area contributed by atoms with E-state index < -0.39 is 5.17 Å². The third-order valence-electron chi connectivity index (χ3n) is 0.383. The molecule has 0 aromatic heterocycles. The van der Waals surface area contributed by atoms with E-state index in [0.29, 0.717) is 0 Å². The Labute approximate surface area is 110 Å². The van der Waals surface area contributed by atoms with Gasteiger partial charge in [-0.15, -0.1) is 0 Å². The summed E-state index contributed by atoms with van der Waals surface area (Å²) in [5, 5.41) is 15.3. The Morgan fingerprint density at radius 3 is 1.23 bits per heavy atom. The molecule has 78 valence electrons. The first-order valence-corrected chi connectivity index (χ1v) is 3.08. The average molecular weight is 242 g/mol. The monoisotopic (exact) mass is 242 g/mol. The van der Waals surface area contributed by atoms with Crippen LogP contribution in [0.5, 0.6) is 0 Å². The van der Waals surface area contributed by atoms with Crippen LogP contribution in [0.15, 0.2) is 0 Å². The molecular weight excluding hydrogens is 227 g/mol. The Morgan fingerprint density at radius 1 is 1.15 bits per heavy atom. The summed E-state index contributed by atoms with van der Waals surface area (Å²) >= 11 is 8.17. The van der Waals surface area contributed by atoms with Gasteiger partial charge in [-0.2, -0.15) is 0 Å². The van der Waals surface area contributed by atoms with Crippen LogP contribution in [-0.2, 0) is 0 Å². The van der Waals surface area contributed by atoms with E-state index in [-0.39, 0.29) is 45.7 Å². The van der Waals surface area contributed by atoms with E-state index in [9.17, 15) is 0 Å². The summed E-state index contributed by atoms with van der Waals surface area (Å²) in [6, 6.07) is 0. The molecule has 9 heteroatoms. The van der Waals surface area contributed by atoms with E-state index in [1.165, 1.54) is 4.90 Å². The Balaban J connectivity index is -0.0000000279. The van der Waals surface area contributed by atoms with Crippen LogP contribution in [0.4, 0.5) is 0 Å². The van der Waals surface area contributed by atoms with Crippen LogP contribution in [0.25, 0.3) is 0 Å². The van der Waals surface area contributed by atoms with Crippen LogP contribution in [0.2, 0.25) is 0 Å². The van der Waals surface area contributed by atoms with Crippen molar-refractivity contribution in [2.45, 2.75) is 0 Å². The molecule has 0 aromatic rings. The molecule has 0 atom stereocenters. The zero-order valence-electron chi connectivity index (χ0n) is 6.74. The molecule has 8 N–H and O–H groups in total. The second-order valence-electron chi connectivity index (χ2n) is 1.52. The fourth-order valence-corrected chi connectivity index (χ4v) is 0. The van der Waals surface area contributed by atoms with Gasteiger partial charge in [-0.1, -0.05) is 0 Å². The van der Waals surface area contributed by atoms with Gasteiger partial charge in [0.2, 0.25) is 0 Å². The number of aliphatic hydroxyl groups excluding tert-OH is 2. The number of hydrogen-bond donors (Lipinski definition) is 3. The van der Waals surface area contributed by atoms with Gasteiger partial charge < -0.3 is 31.8 Å². The van der Waals surface area contributed by atoms with Crippen molar-refractivity contribution in [3.63, 3.8) is 0 Å². The fourth-order valence-electron chi connectivity index (χ4n) is 0. The number of hydrogen-bond acceptors (Lipinski definition) is 2. The van der Waals surface area contributed by atoms with E-state index in [1.807, 2.05) is 0 Å². The van der Waals surface area contributed by atoms with Gasteiger partial charge in [-0.25, -0.2) is 0 Å². The first-order valence-electron chi connectivity index (χ1n) is 2.26. The summed E-state index contributed by atoms with van der Waals surface area (Å²) in [7, 11) is 3.37. The molecule has 0 aliphatic heterocycles. The Kier molecular flexibility index (Phi) is 40.8. The summed E-state index contributed by atoms with van der Waals surface area (Å²) in [6.07, 6.45) is 0. The number of nitrogens with zero attached hydrogens (tertiary/aromatic N) is 1. The molecule has 0 aliphatic carbocycles. The average Bonchev–Trinajstić information content (AvgIpc) is 1.63. The second kappa shape index (κ2) is 18.2. The van der Waals surface area contributed by atoms with Crippen molar-refractivity contribution in [3.8, 4) is 0 Å². The van der Waals surface area contributed by atoms with Crippen molar-refractivity contribution in [2.75, 3.05) is 14.1 Å². The van der Waals surface area contributed by atoms with Crippen LogP contribution >= 0.6 is 24.4 Å². The molecule has 0 radical (unpaired) electrons. The molecular formula is C4H15N2NaO4S2. The number of thiocarbonyl (C=S) groups is 2. The summed E-state index contributed by atoms with van der Waals surface area (Å²) in [5.41, 5.74) is 4.40. The summed E-state index contributed by atoms with van der Waals surface area (Å²) < 4.78 is 0. The molecule has 0 fully saturated rings. The van der Waals surface area contributed by atoms with E-state index >= 15 is 0 Å². The minimum absolute atomic E-state index is 0. The molecule has 0 saturated carbocycles. The maximum atomic E-state index is 8.29. The van der Waals surface area contributed by atoms with Crippen LogP contribution < -0.4 is 5.73 Å². The Hall–Kier alpha value is 0.300. The van der Waals surface area contributed by atoms with Crippen LogP contribution in [0.1, 0.15) is 0 Å². The molecule has 0 unspecified atom stereocenters. The van der Waals surface area contributed by atoms with E-state index in [1.54, 1.807) is 14.1 Å². The minimum atomic E-state index is -0.500. The zero-order chi connectivity index (χ0) is 8.73. The third kappa shape index (κ3) is 70.6. The second-order valence-corrected chi connectivity index (χ2v) is 2.30. The Morgan fingerprint density at radius 2 is 1.23 bits per heavy atom. The molecule has 0 aromatic carbocycles. The van der Waals surface area contributed by atoms with Gasteiger partial charge in [0.15, 0.2) is 0 Å². The van der Waals surface area contributed by atoms with E-state index in [2.05, 4.69) is 30.2 Å². The molecule has 0 rings (SSSR count). The van der Waals surface area contributed by atoms with Gasteiger partial charge in [0, 0.05) is 14.1 Å². The molecule has 13 heavy (non-hydrogen) atoms. The topological polar surface area (TPSA) is 133 Å². The number of nitrogens with two attached hydrogens (primary N) is 1. The van der Waals surface area contributed by atoms with Gasteiger partial charge in [-0.05, 0) is 24.4 Å². The molecule has 0 aliphatic rings. The van der Waals surface area contributed by atoms with Crippen molar-refractivity contribution < 1.29 is 21.2 Å². The normalized spacial score (nSPS) is 5.38. The molecule has 0 bridgehead atoms. The van der Waals surface area contributed by atoms with Crippen LogP contribution in [0, 0.1) is 0 Å². The predicted molar refractivity (Wildman–Crippen MR) is 62.7 cm³/mol. The molecule has 0 spiro atoms. The fraction of sp³-hybridized carbons (Fsp3) is 0.500. The van der Waals surface area contributed by atoms with Gasteiger partial charge >= 0.3 is 29.6 Å². The van der Waals surface area contributed by atoms with Gasteiger partial charge in [-0.3, -0.25) is 0 Å². The van der Waals surface area contributed by atoms with Crippen molar-refractivity contribution in [1.82, 2.24) is 4.90 Å². The van der Waals surface area contributed by atoms with Crippen molar-refractivity contribution in [3.05, 3.63) is 0 Å². The van der Waals surface area contributed by atoms with E-state index in [0.717, 1.165) is 0 Å². The van der Waals surface area contributed by atoms with Gasteiger partial charge in [0.25, 0.3) is 10.3 Å². The molecule has 0 heterocycles. The van der Waals surface area contributed by atoms with Crippen molar-refractivity contribution in [1.29, 1.82) is 0 Å².